The van der Waals surface area contributed by atoms with Crippen LogP contribution in [0, 0.1) is 6.92 Å². The molecule has 2 N–H and O–H groups in total. The summed E-state index contributed by atoms with van der Waals surface area (Å²) >= 11 is 0. The lowest BCUT2D eigenvalue weighted by atomic mass is 9.99. The normalized spacial score (nSPS) is 11.2. The van der Waals surface area contributed by atoms with Crippen molar-refractivity contribution in [3.63, 3.8) is 0 Å². The van der Waals surface area contributed by atoms with Crippen molar-refractivity contribution >= 4 is 11.6 Å². The number of imidazole rings is 1. The van der Waals surface area contributed by atoms with E-state index in [-0.39, 0.29) is 0 Å². The molecule has 0 fully saturated rings. The number of rotatable bonds is 4. The van der Waals surface area contributed by atoms with Gasteiger partial charge in [-0.05, 0) is 36.1 Å². The second kappa shape index (κ2) is 6.15. The van der Waals surface area contributed by atoms with E-state index >= 15 is 0 Å². The fraction of sp³-hybridized carbons (Fsp3) is 0.150. The van der Waals surface area contributed by atoms with Crippen LogP contribution < -0.4 is 5.73 Å². The number of pyridine rings is 1. The smallest absolute Gasteiger partial charge is 0.252 e. The van der Waals surface area contributed by atoms with Crippen molar-refractivity contribution in [2.75, 3.05) is 0 Å². The number of aryl methyl sites for hydroxylation is 2. The number of carbonyl (C=O) groups excluding carboxylic acids is 1. The highest BCUT2D eigenvalue weighted by atomic mass is 16.1. The SMILES string of the molecule is Cc1c(Cc2ccc(-c3cnn(C)c3)cc2)cc(C(N)=O)c2nccn12. The van der Waals surface area contributed by atoms with Crippen LogP contribution in [-0.2, 0) is 13.5 Å². The zero-order valence-corrected chi connectivity index (χ0v) is 14.7. The van der Waals surface area contributed by atoms with Gasteiger partial charge in [0.25, 0.3) is 5.91 Å². The van der Waals surface area contributed by atoms with E-state index in [1.165, 1.54) is 0 Å². The molecule has 0 saturated heterocycles. The van der Waals surface area contributed by atoms with E-state index in [1.54, 1.807) is 10.9 Å². The number of primary amides is 1. The maximum absolute atomic E-state index is 11.8. The monoisotopic (exact) mass is 345 g/mol. The van der Waals surface area contributed by atoms with E-state index in [9.17, 15) is 4.79 Å². The first kappa shape index (κ1) is 16.1. The molecule has 0 radical (unpaired) electrons. The lowest BCUT2D eigenvalue weighted by Gasteiger charge is -2.12. The molecule has 0 unspecified atom stereocenters. The molecule has 1 amide bonds. The van der Waals surface area contributed by atoms with Gasteiger partial charge in [-0.25, -0.2) is 4.98 Å². The van der Waals surface area contributed by atoms with Gasteiger partial charge < -0.3 is 10.1 Å². The molecular weight excluding hydrogens is 326 g/mol. The minimum Gasteiger partial charge on any atom is -0.365 e. The summed E-state index contributed by atoms with van der Waals surface area (Å²) in [7, 11) is 1.91. The van der Waals surface area contributed by atoms with Crippen molar-refractivity contribution in [1.29, 1.82) is 0 Å². The molecule has 3 aromatic heterocycles. The number of hydrogen-bond donors (Lipinski definition) is 1. The highest BCUT2D eigenvalue weighted by Crippen LogP contribution is 2.23. The Labute approximate surface area is 150 Å². The highest BCUT2D eigenvalue weighted by molar-refractivity contribution is 5.99. The molecule has 0 spiro atoms. The third kappa shape index (κ3) is 2.75. The van der Waals surface area contributed by atoms with Crippen LogP contribution in [0.15, 0.2) is 55.1 Å². The molecular formula is C20H19N5O. The van der Waals surface area contributed by atoms with Gasteiger partial charge in [0, 0.05) is 36.9 Å². The minimum atomic E-state index is -0.464. The maximum atomic E-state index is 11.8. The molecule has 0 atom stereocenters. The van der Waals surface area contributed by atoms with E-state index in [0.717, 1.165) is 27.9 Å². The van der Waals surface area contributed by atoms with Crippen LogP contribution in [0.4, 0.5) is 0 Å². The molecule has 1 aromatic carbocycles. The van der Waals surface area contributed by atoms with E-state index in [0.29, 0.717) is 17.6 Å². The summed E-state index contributed by atoms with van der Waals surface area (Å²) < 4.78 is 3.71. The Kier molecular flexibility index (Phi) is 3.80. The summed E-state index contributed by atoms with van der Waals surface area (Å²) in [6.07, 6.45) is 8.09. The Morgan fingerprint density at radius 3 is 2.62 bits per heavy atom. The van der Waals surface area contributed by atoms with Crippen molar-refractivity contribution in [2.45, 2.75) is 13.3 Å². The predicted octanol–water partition coefficient (Wildman–Crippen LogP) is 2.73. The Morgan fingerprint density at radius 1 is 1.19 bits per heavy atom. The molecule has 0 aliphatic carbocycles. The van der Waals surface area contributed by atoms with E-state index < -0.39 is 5.91 Å². The van der Waals surface area contributed by atoms with Gasteiger partial charge in [-0.2, -0.15) is 5.10 Å². The Balaban J connectivity index is 1.69. The zero-order valence-electron chi connectivity index (χ0n) is 14.7. The number of nitrogens with two attached hydrogens (primary N) is 1. The van der Waals surface area contributed by atoms with Gasteiger partial charge >= 0.3 is 0 Å². The second-order valence-electron chi connectivity index (χ2n) is 6.43. The number of hydrogen-bond acceptors (Lipinski definition) is 3. The van der Waals surface area contributed by atoms with Gasteiger partial charge in [-0.15, -0.1) is 0 Å². The van der Waals surface area contributed by atoms with Crippen LogP contribution in [0.3, 0.4) is 0 Å². The van der Waals surface area contributed by atoms with Gasteiger partial charge in [0.15, 0.2) is 0 Å². The summed E-state index contributed by atoms with van der Waals surface area (Å²) in [5, 5.41) is 4.21. The zero-order chi connectivity index (χ0) is 18.3. The first-order valence-corrected chi connectivity index (χ1v) is 8.36. The van der Waals surface area contributed by atoms with E-state index in [2.05, 4.69) is 34.3 Å². The molecule has 6 nitrogen and oxygen atoms in total. The van der Waals surface area contributed by atoms with Crippen LogP contribution in [0.1, 0.15) is 27.2 Å². The van der Waals surface area contributed by atoms with Gasteiger partial charge in [0.05, 0.1) is 11.8 Å². The minimum absolute atomic E-state index is 0.447. The molecule has 0 aliphatic rings. The first-order chi connectivity index (χ1) is 12.5. The number of aromatic nitrogens is 4. The molecule has 26 heavy (non-hydrogen) atoms. The van der Waals surface area contributed by atoms with Crippen molar-refractivity contribution in [3.05, 3.63) is 77.5 Å². The summed E-state index contributed by atoms with van der Waals surface area (Å²) in [5.74, 6) is -0.464. The molecule has 4 aromatic rings. The highest BCUT2D eigenvalue weighted by Gasteiger charge is 2.14. The number of benzene rings is 1. The van der Waals surface area contributed by atoms with Crippen molar-refractivity contribution in [1.82, 2.24) is 19.2 Å². The largest absolute Gasteiger partial charge is 0.365 e. The molecule has 0 bridgehead atoms. The Bertz CT molecular complexity index is 1110. The van der Waals surface area contributed by atoms with Crippen molar-refractivity contribution in [3.8, 4) is 11.1 Å². The fourth-order valence-corrected chi connectivity index (χ4v) is 3.24. The Hall–Kier alpha value is -3.41. The summed E-state index contributed by atoms with van der Waals surface area (Å²) in [4.78, 5) is 16.0. The van der Waals surface area contributed by atoms with Crippen LogP contribution in [0.25, 0.3) is 16.8 Å². The first-order valence-electron chi connectivity index (χ1n) is 8.36. The van der Waals surface area contributed by atoms with Gasteiger partial charge in [0.1, 0.15) is 5.65 Å². The average Bonchev–Trinajstić information content (AvgIpc) is 3.27. The lowest BCUT2D eigenvalue weighted by Crippen LogP contribution is -2.14. The van der Waals surface area contributed by atoms with Crippen LogP contribution in [0.2, 0.25) is 0 Å². The third-order valence-corrected chi connectivity index (χ3v) is 4.68. The summed E-state index contributed by atoms with van der Waals surface area (Å²) in [5.41, 5.74) is 12.1. The predicted molar refractivity (Wildman–Crippen MR) is 99.9 cm³/mol. The third-order valence-electron chi connectivity index (χ3n) is 4.68. The van der Waals surface area contributed by atoms with Crippen molar-refractivity contribution < 1.29 is 4.79 Å². The van der Waals surface area contributed by atoms with Crippen LogP contribution in [0.5, 0.6) is 0 Å². The maximum Gasteiger partial charge on any atom is 0.252 e. The fourth-order valence-electron chi connectivity index (χ4n) is 3.24. The van der Waals surface area contributed by atoms with Crippen LogP contribution >= 0.6 is 0 Å². The van der Waals surface area contributed by atoms with Gasteiger partial charge in [0.2, 0.25) is 0 Å². The van der Waals surface area contributed by atoms with Crippen LogP contribution in [-0.4, -0.2) is 25.1 Å². The standard InChI is InChI=1S/C20H19N5O/c1-13-16(10-18(19(21)26)20-22-7-8-25(13)20)9-14-3-5-15(6-4-14)17-11-23-24(2)12-17/h3-8,10-12H,9H2,1-2H3,(H2,21,26). The molecule has 3 heterocycles. The molecule has 0 aliphatic heterocycles. The average molecular weight is 345 g/mol. The quantitative estimate of drug-likeness (QED) is 0.618. The number of amides is 1. The molecule has 6 heteroatoms. The number of carbonyl (C=O) groups is 1. The van der Waals surface area contributed by atoms with Gasteiger partial charge in [-0.3, -0.25) is 9.48 Å². The van der Waals surface area contributed by atoms with Gasteiger partial charge in [-0.1, -0.05) is 24.3 Å². The number of fused-ring (bicyclic) bond motifs is 1. The molecule has 0 saturated carbocycles. The van der Waals surface area contributed by atoms with E-state index in [1.807, 2.05) is 43.0 Å². The second-order valence-corrected chi connectivity index (χ2v) is 6.43. The summed E-state index contributed by atoms with van der Waals surface area (Å²) in [6, 6.07) is 10.2. The van der Waals surface area contributed by atoms with Crippen molar-refractivity contribution in [2.24, 2.45) is 12.8 Å². The lowest BCUT2D eigenvalue weighted by molar-refractivity contribution is 0.100. The Morgan fingerprint density at radius 2 is 1.96 bits per heavy atom. The number of nitrogens with zero attached hydrogens (tertiary/aromatic N) is 4. The van der Waals surface area contributed by atoms with E-state index in [4.69, 9.17) is 5.73 Å². The summed E-state index contributed by atoms with van der Waals surface area (Å²) in [6.45, 7) is 2.03. The molecule has 4 rings (SSSR count). The molecule has 130 valence electrons. The topological polar surface area (TPSA) is 78.2 Å².